The van der Waals surface area contributed by atoms with Gasteiger partial charge in [0.1, 0.15) is 9.84 Å². The normalized spacial score (nSPS) is 16.7. The Labute approximate surface area is 171 Å². The zero-order chi connectivity index (χ0) is 19.7. The van der Waals surface area contributed by atoms with E-state index in [1.807, 2.05) is 6.07 Å². The first-order valence-electron chi connectivity index (χ1n) is 9.12. The van der Waals surface area contributed by atoms with E-state index in [0.717, 1.165) is 49.6 Å². The molecule has 1 aliphatic heterocycles. The molecule has 0 amide bonds. The van der Waals surface area contributed by atoms with Gasteiger partial charge in [-0.15, -0.1) is 11.3 Å². The average molecular weight is 437 g/mol. The number of guanidine groups is 1. The van der Waals surface area contributed by atoms with Crippen molar-refractivity contribution in [3.05, 3.63) is 21.3 Å². The van der Waals surface area contributed by atoms with Gasteiger partial charge in [-0.3, -0.25) is 9.89 Å². The molecule has 0 atom stereocenters. The van der Waals surface area contributed by atoms with Crippen LogP contribution in [-0.2, 0) is 21.1 Å². The second-order valence-electron chi connectivity index (χ2n) is 6.45. The number of nitrogens with zero attached hydrogens (tertiary/aromatic N) is 3. The Kier molecular flexibility index (Phi) is 9.31. The summed E-state index contributed by atoms with van der Waals surface area (Å²) in [5.41, 5.74) is 0. The van der Waals surface area contributed by atoms with Crippen LogP contribution in [0.4, 0.5) is 0 Å². The fourth-order valence-corrected chi connectivity index (χ4v) is 4.28. The summed E-state index contributed by atoms with van der Waals surface area (Å²) in [6.45, 7) is 8.73. The third kappa shape index (κ3) is 8.78. The van der Waals surface area contributed by atoms with Gasteiger partial charge >= 0.3 is 0 Å². The predicted molar refractivity (Wildman–Crippen MR) is 113 cm³/mol. The maximum absolute atomic E-state index is 11.1. The van der Waals surface area contributed by atoms with Crippen LogP contribution >= 0.6 is 22.9 Å². The zero-order valence-corrected chi connectivity index (χ0v) is 18.4. The maximum atomic E-state index is 11.1. The topological polar surface area (TPSA) is 74.2 Å². The highest BCUT2D eigenvalue weighted by Crippen LogP contribution is 2.23. The molecule has 1 aliphatic rings. The number of nitrogens with one attached hydrogen (secondary N) is 1. The van der Waals surface area contributed by atoms with Crippen LogP contribution in [-0.4, -0.2) is 88.7 Å². The molecule has 2 rings (SSSR count). The van der Waals surface area contributed by atoms with E-state index in [2.05, 4.69) is 33.1 Å². The van der Waals surface area contributed by atoms with E-state index < -0.39 is 9.84 Å². The lowest BCUT2D eigenvalue weighted by Gasteiger charge is -2.36. The summed E-state index contributed by atoms with van der Waals surface area (Å²) >= 11 is 7.65. The Bertz CT molecular complexity index is 701. The fourth-order valence-electron chi connectivity index (χ4n) is 2.73. The van der Waals surface area contributed by atoms with Crippen molar-refractivity contribution in [3.8, 4) is 0 Å². The minimum Gasteiger partial charge on any atom is -0.378 e. The Balaban J connectivity index is 1.74. The molecule has 1 saturated heterocycles. The van der Waals surface area contributed by atoms with E-state index >= 15 is 0 Å². The Morgan fingerprint density at radius 2 is 2.04 bits per heavy atom. The molecule has 1 aromatic heterocycles. The van der Waals surface area contributed by atoms with Crippen LogP contribution in [0.5, 0.6) is 0 Å². The van der Waals surface area contributed by atoms with E-state index in [4.69, 9.17) is 16.3 Å². The van der Waals surface area contributed by atoms with Gasteiger partial charge in [-0.25, -0.2) is 8.42 Å². The summed E-state index contributed by atoms with van der Waals surface area (Å²) in [7, 11) is -2.97. The third-order valence-corrected chi connectivity index (χ3v) is 6.23. The summed E-state index contributed by atoms with van der Waals surface area (Å²) in [4.78, 5) is 10.6. The number of hydrogen-bond donors (Lipinski definition) is 1. The largest absolute Gasteiger partial charge is 0.378 e. The lowest BCUT2D eigenvalue weighted by molar-refractivity contribution is 0.155. The molecule has 0 aliphatic carbocycles. The summed E-state index contributed by atoms with van der Waals surface area (Å²) < 4.78 is 28.3. The van der Waals surface area contributed by atoms with Crippen molar-refractivity contribution in [2.24, 2.45) is 4.99 Å². The van der Waals surface area contributed by atoms with Crippen molar-refractivity contribution in [3.63, 3.8) is 0 Å². The number of piperazine rings is 1. The quantitative estimate of drug-likeness (QED) is 0.359. The van der Waals surface area contributed by atoms with Crippen LogP contribution in [0.1, 0.15) is 11.8 Å². The van der Waals surface area contributed by atoms with Crippen molar-refractivity contribution in [1.29, 1.82) is 0 Å². The van der Waals surface area contributed by atoms with Crippen molar-refractivity contribution < 1.29 is 13.2 Å². The number of sulfone groups is 1. The fraction of sp³-hybridized carbons (Fsp3) is 0.706. The van der Waals surface area contributed by atoms with Gasteiger partial charge in [0, 0.05) is 50.4 Å². The Hall–Kier alpha value is -0.870. The van der Waals surface area contributed by atoms with Gasteiger partial charge in [0.2, 0.25) is 0 Å². The molecule has 154 valence electrons. The highest BCUT2D eigenvalue weighted by molar-refractivity contribution is 7.90. The van der Waals surface area contributed by atoms with E-state index in [0.29, 0.717) is 13.2 Å². The molecule has 2 heterocycles. The van der Waals surface area contributed by atoms with Crippen LogP contribution in [0.25, 0.3) is 0 Å². The highest BCUT2D eigenvalue weighted by Gasteiger charge is 2.20. The number of ether oxygens (including phenoxy) is 1. The lowest BCUT2D eigenvalue weighted by atomic mass is 10.3. The molecule has 1 fully saturated rings. The molecule has 1 aromatic rings. The first-order chi connectivity index (χ1) is 12.9. The summed E-state index contributed by atoms with van der Waals surface area (Å²) in [5.74, 6) is 0.941. The second-order valence-corrected chi connectivity index (χ2v) is 10.5. The van der Waals surface area contributed by atoms with E-state index in [-0.39, 0.29) is 12.4 Å². The molecule has 0 aromatic carbocycles. The lowest BCUT2D eigenvalue weighted by Crippen LogP contribution is -2.52. The molecule has 0 unspecified atom stereocenters. The van der Waals surface area contributed by atoms with Crippen LogP contribution in [0.15, 0.2) is 17.1 Å². The molecule has 7 nitrogen and oxygen atoms in total. The van der Waals surface area contributed by atoms with E-state index in [9.17, 15) is 8.42 Å². The molecule has 0 radical (unpaired) electrons. The first kappa shape index (κ1) is 22.4. The van der Waals surface area contributed by atoms with Gasteiger partial charge in [0.15, 0.2) is 5.96 Å². The monoisotopic (exact) mass is 436 g/mol. The van der Waals surface area contributed by atoms with E-state index in [1.165, 1.54) is 11.1 Å². The molecule has 0 saturated carbocycles. The minimum absolute atomic E-state index is 0.0498. The van der Waals surface area contributed by atoms with Crippen LogP contribution in [0.3, 0.4) is 0 Å². The average Bonchev–Trinajstić information content (AvgIpc) is 3.01. The van der Waals surface area contributed by atoms with Gasteiger partial charge < -0.3 is 15.0 Å². The highest BCUT2D eigenvalue weighted by atomic mass is 35.5. The molecule has 0 bridgehead atoms. The summed E-state index contributed by atoms with van der Waals surface area (Å²) in [6, 6.07) is 4.04. The number of hydrogen-bond acceptors (Lipinski definition) is 6. The molecule has 27 heavy (non-hydrogen) atoms. The number of aliphatic imine (C=N–C) groups is 1. The molecular formula is C17H29ClN4O3S2. The van der Waals surface area contributed by atoms with Gasteiger partial charge in [-0.05, 0) is 19.1 Å². The molecular weight excluding hydrogens is 408 g/mol. The third-order valence-electron chi connectivity index (χ3n) is 4.11. The van der Waals surface area contributed by atoms with Gasteiger partial charge in [-0.2, -0.15) is 0 Å². The van der Waals surface area contributed by atoms with Gasteiger partial charge in [-0.1, -0.05) is 11.6 Å². The number of rotatable bonds is 9. The van der Waals surface area contributed by atoms with Crippen molar-refractivity contribution >= 4 is 38.7 Å². The molecule has 1 N–H and O–H groups in total. The van der Waals surface area contributed by atoms with Crippen LogP contribution < -0.4 is 5.32 Å². The summed E-state index contributed by atoms with van der Waals surface area (Å²) in [6.07, 6.45) is 1.21. The number of halogens is 1. The first-order valence-corrected chi connectivity index (χ1v) is 12.4. The molecule has 0 spiro atoms. The second kappa shape index (κ2) is 11.2. The van der Waals surface area contributed by atoms with Crippen LogP contribution in [0.2, 0.25) is 4.34 Å². The predicted octanol–water partition coefficient (Wildman–Crippen LogP) is 1.55. The maximum Gasteiger partial charge on any atom is 0.194 e. The van der Waals surface area contributed by atoms with Crippen molar-refractivity contribution in [2.75, 3.05) is 64.5 Å². The standard InChI is InChI=1S/C17H29ClN4O3S2/c1-3-19-17(20-6-11-25-12-13-27(2,23)24)22-9-7-21(8-10-22)14-15-4-5-16(18)26-15/h4-5H,3,6-14H2,1-2H3,(H,19,20). The van der Waals surface area contributed by atoms with Crippen LogP contribution in [0, 0.1) is 0 Å². The van der Waals surface area contributed by atoms with E-state index in [1.54, 1.807) is 11.3 Å². The zero-order valence-electron chi connectivity index (χ0n) is 16.0. The number of thiophene rings is 1. The van der Waals surface area contributed by atoms with Gasteiger partial charge in [0.25, 0.3) is 0 Å². The van der Waals surface area contributed by atoms with Crippen molar-refractivity contribution in [1.82, 2.24) is 15.1 Å². The molecule has 10 heteroatoms. The van der Waals surface area contributed by atoms with Crippen molar-refractivity contribution in [2.45, 2.75) is 13.5 Å². The Morgan fingerprint density at radius 3 is 2.63 bits per heavy atom. The minimum atomic E-state index is -2.97. The summed E-state index contributed by atoms with van der Waals surface area (Å²) in [5, 5.41) is 3.33. The van der Waals surface area contributed by atoms with Gasteiger partial charge in [0.05, 0.1) is 29.8 Å². The smallest absolute Gasteiger partial charge is 0.194 e. The SMILES string of the molecule is CCNC(=NCCOCCS(C)(=O)=O)N1CCN(Cc2ccc(Cl)s2)CC1. The Morgan fingerprint density at radius 1 is 1.30 bits per heavy atom.